The number of carboxylic acids is 1. The van der Waals surface area contributed by atoms with Gasteiger partial charge in [0.1, 0.15) is 0 Å². The Kier molecular flexibility index (Phi) is 6.82. The number of nitrogens with one attached hydrogen (secondary N) is 2. The van der Waals surface area contributed by atoms with Crippen LogP contribution in [0.3, 0.4) is 0 Å². The van der Waals surface area contributed by atoms with Gasteiger partial charge < -0.3 is 20.2 Å². The Balaban J connectivity index is 0.00000225. The zero-order valence-corrected chi connectivity index (χ0v) is 16.0. The molecule has 5 nitrogen and oxygen atoms in total. The minimum Gasteiger partial charge on any atom is -0.548 e. The van der Waals surface area contributed by atoms with Crippen molar-refractivity contribution < 1.29 is 44.3 Å². The number of aliphatic carboxylic acids is 1. The Morgan fingerprint density at radius 2 is 1.72 bits per heavy atom. The Labute approximate surface area is 167 Å². The second-order valence-corrected chi connectivity index (χ2v) is 5.67. The van der Waals surface area contributed by atoms with Crippen LogP contribution in [-0.2, 0) is 22.4 Å². The molecule has 1 atom stereocenters. The van der Waals surface area contributed by atoms with E-state index in [1.54, 1.807) is 6.20 Å². The summed E-state index contributed by atoms with van der Waals surface area (Å²) in [6.45, 7) is 0. The fourth-order valence-electron chi connectivity index (χ4n) is 2.74. The molecule has 1 amide bonds. The second kappa shape index (κ2) is 8.85. The number of aromatic nitrogens is 1. The smallest absolute Gasteiger partial charge is 0.548 e. The van der Waals surface area contributed by atoms with Crippen molar-refractivity contribution in [2.75, 3.05) is 0 Å². The number of fused-ring (bicyclic) bond motifs is 1. The molecule has 0 saturated heterocycles. The molecular weight excluding hydrogens is 327 g/mol. The van der Waals surface area contributed by atoms with Crippen LogP contribution in [0.2, 0.25) is 0 Å². The molecule has 0 aliphatic carbocycles. The summed E-state index contributed by atoms with van der Waals surface area (Å²) in [5.41, 5.74) is 2.60. The second-order valence-electron chi connectivity index (χ2n) is 5.67. The summed E-state index contributed by atoms with van der Waals surface area (Å²) < 4.78 is 0. The fraction of sp³-hybridized carbons (Fsp3) is 0.158. The van der Waals surface area contributed by atoms with Crippen molar-refractivity contribution in [3.05, 3.63) is 71.9 Å². The van der Waals surface area contributed by atoms with Crippen molar-refractivity contribution in [2.24, 2.45) is 0 Å². The number of rotatable bonds is 6. The van der Waals surface area contributed by atoms with Crippen molar-refractivity contribution in [3.8, 4) is 0 Å². The van der Waals surface area contributed by atoms with Crippen LogP contribution in [0.1, 0.15) is 11.1 Å². The molecule has 0 unspecified atom stereocenters. The van der Waals surface area contributed by atoms with Crippen LogP contribution in [0.5, 0.6) is 0 Å². The summed E-state index contributed by atoms with van der Waals surface area (Å²) in [6, 6.07) is 15.8. The van der Waals surface area contributed by atoms with E-state index in [1.807, 2.05) is 54.6 Å². The van der Waals surface area contributed by atoms with Gasteiger partial charge in [-0.2, -0.15) is 0 Å². The molecule has 1 heterocycles. The van der Waals surface area contributed by atoms with Crippen LogP contribution in [0.4, 0.5) is 0 Å². The van der Waals surface area contributed by atoms with E-state index >= 15 is 0 Å². The molecule has 2 aromatic carbocycles. The van der Waals surface area contributed by atoms with Gasteiger partial charge in [-0.05, 0) is 17.2 Å². The van der Waals surface area contributed by atoms with Crippen LogP contribution in [0.25, 0.3) is 10.9 Å². The SMILES string of the molecule is O=C(Cc1ccccc1)N[C@@H](Cc1c[nH]c2ccccc12)C(=O)[O-].[Na+]. The molecule has 122 valence electrons. The van der Waals surface area contributed by atoms with E-state index in [0.717, 1.165) is 22.0 Å². The summed E-state index contributed by atoms with van der Waals surface area (Å²) >= 11 is 0. The van der Waals surface area contributed by atoms with Gasteiger partial charge in [-0.1, -0.05) is 48.5 Å². The maximum absolute atomic E-state index is 12.1. The molecule has 6 heteroatoms. The molecular formula is C19H17N2NaO3. The summed E-state index contributed by atoms with van der Waals surface area (Å²) in [7, 11) is 0. The third-order valence-corrected chi connectivity index (χ3v) is 3.93. The molecule has 0 aliphatic heterocycles. The number of para-hydroxylation sites is 1. The van der Waals surface area contributed by atoms with Crippen molar-refractivity contribution >= 4 is 22.8 Å². The minimum absolute atomic E-state index is 0. The van der Waals surface area contributed by atoms with Crippen molar-refractivity contribution in [2.45, 2.75) is 18.9 Å². The maximum atomic E-state index is 12.1. The molecule has 3 rings (SSSR count). The Bertz CT molecular complexity index is 861. The van der Waals surface area contributed by atoms with E-state index in [4.69, 9.17) is 0 Å². The first-order valence-electron chi connectivity index (χ1n) is 7.72. The quantitative estimate of drug-likeness (QED) is 0.517. The first kappa shape index (κ1) is 19.2. The molecule has 0 radical (unpaired) electrons. The van der Waals surface area contributed by atoms with E-state index in [1.165, 1.54) is 0 Å². The molecule has 1 aromatic heterocycles. The summed E-state index contributed by atoms with van der Waals surface area (Å²) in [4.78, 5) is 26.6. The molecule has 0 bridgehead atoms. The number of carboxylic acid groups (broad SMARTS) is 1. The van der Waals surface area contributed by atoms with Gasteiger partial charge in [0.05, 0.1) is 18.4 Å². The van der Waals surface area contributed by atoms with E-state index in [2.05, 4.69) is 10.3 Å². The molecule has 2 N–H and O–H groups in total. The molecule has 25 heavy (non-hydrogen) atoms. The Morgan fingerprint density at radius 1 is 1.04 bits per heavy atom. The standard InChI is InChI=1S/C19H18N2O3.Na/c22-18(10-13-6-2-1-3-7-13)21-17(19(23)24)11-14-12-20-16-9-5-4-8-15(14)16;/h1-9,12,17,20H,10-11H2,(H,21,22)(H,23,24);/q;+1/p-1/t17-;/m0./s1. The minimum atomic E-state index is -1.29. The topological polar surface area (TPSA) is 85.0 Å². The molecule has 0 aliphatic rings. The fourth-order valence-corrected chi connectivity index (χ4v) is 2.74. The van der Waals surface area contributed by atoms with E-state index in [0.29, 0.717) is 0 Å². The van der Waals surface area contributed by atoms with Gasteiger partial charge in [0.15, 0.2) is 0 Å². The van der Waals surface area contributed by atoms with Gasteiger partial charge in [0.25, 0.3) is 0 Å². The average molecular weight is 344 g/mol. The largest absolute Gasteiger partial charge is 1.00 e. The van der Waals surface area contributed by atoms with Crippen LogP contribution < -0.4 is 40.0 Å². The molecule has 3 aromatic rings. The number of benzene rings is 2. The van der Waals surface area contributed by atoms with Crippen LogP contribution >= 0.6 is 0 Å². The summed E-state index contributed by atoms with van der Waals surface area (Å²) in [5, 5.41) is 14.9. The number of carbonyl (C=O) groups is 2. The van der Waals surface area contributed by atoms with Gasteiger partial charge >= 0.3 is 29.6 Å². The average Bonchev–Trinajstić information content (AvgIpc) is 2.98. The normalized spacial score (nSPS) is 11.5. The predicted molar refractivity (Wildman–Crippen MR) is 89.1 cm³/mol. The molecule has 0 saturated carbocycles. The van der Waals surface area contributed by atoms with Gasteiger partial charge in [-0.25, -0.2) is 0 Å². The summed E-state index contributed by atoms with van der Waals surface area (Å²) in [5.74, 6) is -1.63. The monoisotopic (exact) mass is 344 g/mol. The van der Waals surface area contributed by atoms with Crippen LogP contribution in [-0.4, -0.2) is 22.9 Å². The number of H-pyrrole nitrogens is 1. The van der Waals surface area contributed by atoms with Gasteiger partial charge in [-0.3, -0.25) is 4.79 Å². The first-order chi connectivity index (χ1) is 11.6. The number of amides is 1. The zero-order valence-electron chi connectivity index (χ0n) is 14.0. The van der Waals surface area contributed by atoms with Gasteiger partial charge in [0.2, 0.25) is 5.91 Å². The number of hydrogen-bond donors (Lipinski definition) is 2. The first-order valence-corrected chi connectivity index (χ1v) is 7.72. The number of hydrogen-bond acceptors (Lipinski definition) is 3. The summed E-state index contributed by atoms with van der Waals surface area (Å²) in [6.07, 6.45) is 2.08. The van der Waals surface area contributed by atoms with Gasteiger partial charge in [0, 0.05) is 23.5 Å². The van der Waals surface area contributed by atoms with E-state index in [-0.39, 0.29) is 48.3 Å². The Morgan fingerprint density at radius 3 is 2.44 bits per heavy atom. The maximum Gasteiger partial charge on any atom is 1.00 e. The zero-order chi connectivity index (χ0) is 16.9. The van der Waals surface area contributed by atoms with E-state index < -0.39 is 12.0 Å². The van der Waals surface area contributed by atoms with Gasteiger partial charge in [-0.15, -0.1) is 0 Å². The van der Waals surface area contributed by atoms with Crippen molar-refractivity contribution in [3.63, 3.8) is 0 Å². The van der Waals surface area contributed by atoms with E-state index in [9.17, 15) is 14.7 Å². The Hall–Kier alpha value is -2.08. The van der Waals surface area contributed by atoms with Crippen molar-refractivity contribution in [1.82, 2.24) is 10.3 Å². The molecule has 0 spiro atoms. The van der Waals surface area contributed by atoms with Crippen LogP contribution in [0, 0.1) is 0 Å². The number of aromatic amines is 1. The van der Waals surface area contributed by atoms with Crippen LogP contribution in [0.15, 0.2) is 60.8 Å². The molecule has 0 fully saturated rings. The predicted octanol–water partition coefficient (Wildman–Crippen LogP) is -1.81. The third-order valence-electron chi connectivity index (χ3n) is 3.93. The number of carbonyl (C=O) groups excluding carboxylic acids is 2. The third kappa shape index (κ3) is 4.95. The van der Waals surface area contributed by atoms with Crippen molar-refractivity contribution in [1.29, 1.82) is 0 Å².